The number of ether oxygens (including phenoxy) is 1. The molecule has 0 saturated carbocycles. The fraction of sp³-hybridized carbons (Fsp3) is 0.810. The van der Waals surface area contributed by atoms with Gasteiger partial charge in [0, 0.05) is 49.9 Å². The van der Waals surface area contributed by atoms with Crippen LogP contribution in [0.4, 0.5) is 0 Å². The van der Waals surface area contributed by atoms with Gasteiger partial charge in [-0.2, -0.15) is 0 Å². The zero-order valence-electron chi connectivity index (χ0n) is 18.5. The summed E-state index contributed by atoms with van der Waals surface area (Å²) in [6, 6.07) is 0. The molecule has 1 saturated heterocycles. The van der Waals surface area contributed by atoms with Crippen LogP contribution in [-0.2, 0) is 16.6 Å². The average molecular weight is 410 g/mol. The number of nitrogens with one attached hydrogen (secondary N) is 2. The van der Waals surface area contributed by atoms with Crippen LogP contribution in [0.15, 0.2) is 10.4 Å². The third-order valence-corrected chi connectivity index (χ3v) is 5.50. The van der Waals surface area contributed by atoms with Crippen molar-refractivity contribution < 1.29 is 4.74 Å². The van der Waals surface area contributed by atoms with Gasteiger partial charge in [0.2, 0.25) is 0 Å². The van der Waals surface area contributed by atoms with Crippen molar-refractivity contribution in [3.05, 3.63) is 16.1 Å². The van der Waals surface area contributed by atoms with Crippen molar-refractivity contribution in [1.29, 1.82) is 0 Å². The molecule has 1 aliphatic rings. The van der Waals surface area contributed by atoms with Gasteiger partial charge in [0.05, 0.1) is 30.0 Å². The molecule has 160 valence electrons. The van der Waals surface area contributed by atoms with Crippen molar-refractivity contribution in [3.63, 3.8) is 0 Å². The highest BCUT2D eigenvalue weighted by Crippen LogP contribution is 2.23. The second-order valence-electron chi connectivity index (χ2n) is 8.92. The first kappa shape index (κ1) is 23.1. The maximum atomic E-state index is 5.91. The predicted molar refractivity (Wildman–Crippen MR) is 120 cm³/mol. The van der Waals surface area contributed by atoms with E-state index in [-0.39, 0.29) is 11.5 Å². The summed E-state index contributed by atoms with van der Waals surface area (Å²) in [7, 11) is 0. The lowest BCUT2D eigenvalue weighted by Gasteiger charge is -2.33. The summed E-state index contributed by atoms with van der Waals surface area (Å²) in [4.78, 5) is 12.0. The highest BCUT2D eigenvalue weighted by Gasteiger charge is 2.21. The Morgan fingerprint density at radius 1 is 1.39 bits per heavy atom. The lowest BCUT2D eigenvalue weighted by molar-refractivity contribution is -0.0261. The number of rotatable bonds is 8. The molecular formula is C21H39N5OS. The molecular weight excluding hydrogens is 370 g/mol. The Balaban J connectivity index is 1.80. The summed E-state index contributed by atoms with van der Waals surface area (Å²) in [5.74, 6) is 1.55. The Hall–Kier alpha value is -1.18. The Morgan fingerprint density at radius 3 is 2.82 bits per heavy atom. The third kappa shape index (κ3) is 8.05. The number of hydrogen-bond donors (Lipinski definition) is 2. The Bertz CT molecular complexity index is 608. The van der Waals surface area contributed by atoms with E-state index in [0.717, 1.165) is 51.7 Å². The van der Waals surface area contributed by atoms with Crippen molar-refractivity contribution in [2.45, 2.75) is 59.5 Å². The smallest absolute Gasteiger partial charge is 0.191 e. The van der Waals surface area contributed by atoms with Crippen molar-refractivity contribution in [2.75, 3.05) is 45.9 Å². The molecule has 1 aliphatic heterocycles. The maximum absolute atomic E-state index is 5.91. The van der Waals surface area contributed by atoms with Crippen LogP contribution in [-0.4, -0.2) is 67.8 Å². The van der Waals surface area contributed by atoms with Gasteiger partial charge < -0.3 is 15.4 Å². The van der Waals surface area contributed by atoms with Gasteiger partial charge in [-0.05, 0) is 12.8 Å². The van der Waals surface area contributed by atoms with Crippen LogP contribution in [0.3, 0.4) is 0 Å². The van der Waals surface area contributed by atoms with Crippen LogP contribution < -0.4 is 10.6 Å². The van der Waals surface area contributed by atoms with E-state index in [1.54, 1.807) is 11.3 Å². The van der Waals surface area contributed by atoms with E-state index in [1.807, 2.05) is 0 Å². The van der Waals surface area contributed by atoms with Gasteiger partial charge in [-0.3, -0.25) is 9.89 Å². The number of aromatic nitrogens is 1. The van der Waals surface area contributed by atoms with Crippen molar-refractivity contribution >= 4 is 17.3 Å². The number of thiazole rings is 1. The first-order valence-electron chi connectivity index (χ1n) is 10.6. The van der Waals surface area contributed by atoms with E-state index in [0.29, 0.717) is 12.5 Å². The molecule has 28 heavy (non-hydrogen) atoms. The van der Waals surface area contributed by atoms with E-state index < -0.39 is 0 Å². The summed E-state index contributed by atoms with van der Waals surface area (Å²) in [5, 5.41) is 10.1. The summed E-state index contributed by atoms with van der Waals surface area (Å²) < 4.78 is 5.91. The molecule has 0 spiro atoms. The lowest BCUT2D eigenvalue weighted by Crippen LogP contribution is -2.46. The number of nitrogens with zero attached hydrogens (tertiary/aromatic N) is 3. The Kier molecular flexibility index (Phi) is 9.18. The van der Waals surface area contributed by atoms with Gasteiger partial charge >= 0.3 is 0 Å². The van der Waals surface area contributed by atoms with E-state index in [9.17, 15) is 0 Å². The van der Waals surface area contributed by atoms with Crippen molar-refractivity contribution in [3.8, 4) is 0 Å². The molecule has 0 bridgehead atoms. The van der Waals surface area contributed by atoms with Gasteiger partial charge in [0.15, 0.2) is 5.96 Å². The molecule has 1 aromatic heterocycles. The van der Waals surface area contributed by atoms with Crippen LogP contribution in [0.1, 0.15) is 52.2 Å². The molecule has 1 unspecified atom stereocenters. The van der Waals surface area contributed by atoms with Crippen molar-refractivity contribution in [2.24, 2.45) is 10.9 Å². The minimum absolute atomic E-state index is 0.113. The van der Waals surface area contributed by atoms with Crippen LogP contribution in [0.2, 0.25) is 0 Å². The Labute approximate surface area is 175 Å². The van der Waals surface area contributed by atoms with Crippen molar-refractivity contribution in [1.82, 2.24) is 20.5 Å². The zero-order chi connectivity index (χ0) is 20.6. The quantitative estimate of drug-likeness (QED) is 0.511. The highest BCUT2D eigenvalue weighted by atomic mass is 32.1. The van der Waals surface area contributed by atoms with E-state index in [2.05, 4.69) is 62.5 Å². The van der Waals surface area contributed by atoms with Gasteiger partial charge in [-0.15, -0.1) is 11.3 Å². The van der Waals surface area contributed by atoms with Gasteiger partial charge in [-0.1, -0.05) is 34.6 Å². The number of hydrogen-bond acceptors (Lipinski definition) is 5. The summed E-state index contributed by atoms with van der Waals surface area (Å²) >= 11 is 1.75. The first-order chi connectivity index (χ1) is 13.3. The molecule has 0 radical (unpaired) electrons. The molecule has 1 fully saturated rings. The Morgan fingerprint density at radius 2 is 2.18 bits per heavy atom. The molecule has 2 rings (SSSR count). The number of aliphatic imine (C=N–C) groups is 1. The van der Waals surface area contributed by atoms with Crippen LogP contribution in [0.25, 0.3) is 0 Å². The van der Waals surface area contributed by atoms with Crippen LogP contribution >= 0.6 is 11.3 Å². The summed E-state index contributed by atoms with van der Waals surface area (Å²) in [6.07, 6.45) is 1.09. The largest absolute Gasteiger partial charge is 0.374 e. The fourth-order valence-corrected chi connectivity index (χ4v) is 4.19. The number of guanidine groups is 1. The molecule has 1 aromatic rings. The molecule has 1 atom stereocenters. The summed E-state index contributed by atoms with van der Waals surface area (Å²) in [5.41, 5.74) is 1.29. The average Bonchev–Trinajstić information content (AvgIpc) is 3.09. The molecule has 0 aromatic carbocycles. The maximum Gasteiger partial charge on any atom is 0.191 e. The molecule has 2 heterocycles. The van der Waals surface area contributed by atoms with E-state index in [4.69, 9.17) is 14.7 Å². The molecule has 0 aliphatic carbocycles. The first-order valence-corrected chi connectivity index (χ1v) is 11.5. The van der Waals surface area contributed by atoms with Gasteiger partial charge in [0.25, 0.3) is 0 Å². The van der Waals surface area contributed by atoms with E-state index >= 15 is 0 Å². The topological polar surface area (TPSA) is 61.8 Å². The SMILES string of the molecule is CCNC(=NCC1CN(CC(C)C)CCO1)NCCc1nc(C(C)(C)C)cs1. The normalized spacial score (nSPS) is 19.2. The fourth-order valence-electron chi connectivity index (χ4n) is 3.17. The predicted octanol–water partition coefficient (Wildman–Crippen LogP) is 2.90. The zero-order valence-corrected chi connectivity index (χ0v) is 19.4. The van der Waals surface area contributed by atoms with Gasteiger partial charge in [-0.25, -0.2) is 4.98 Å². The second-order valence-corrected chi connectivity index (χ2v) is 9.86. The monoisotopic (exact) mass is 409 g/mol. The molecule has 0 amide bonds. The van der Waals surface area contributed by atoms with Crippen LogP contribution in [0.5, 0.6) is 0 Å². The van der Waals surface area contributed by atoms with Gasteiger partial charge in [0.1, 0.15) is 0 Å². The molecule has 6 nitrogen and oxygen atoms in total. The second kappa shape index (κ2) is 11.1. The minimum atomic E-state index is 0.113. The standard InChI is InChI=1S/C21H39N5OS/c1-7-22-20(23-9-8-19-25-18(15-28-19)21(4,5)6)24-12-17-14-26(10-11-27-17)13-16(2)3/h15-17H,7-14H2,1-6H3,(H2,22,23,24). The molecule has 7 heteroatoms. The molecule has 2 N–H and O–H groups in total. The number of morpholine rings is 1. The summed E-state index contributed by atoms with van der Waals surface area (Å²) in [6.45, 7) is 19.5. The minimum Gasteiger partial charge on any atom is -0.374 e. The lowest BCUT2D eigenvalue weighted by atomic mass is 9.93. The van der Waals surface area contributed by atoms with E-state index in [1.165, 1.54) is 10.7 Å². The third-order valence-electron chi connectivity index (χ3n) is 4.59. The van der Waals surface area contributed by atoms with Crippen LogP contribution in [0, 0.1) is 5.92 Å². The highest BCUT2D eigenvalue weighted by molar-refractivity contribution is 7.09.